The molecule has 12 nitrogen and oxygen atoms in total. The van der Waals surface area contributed by atoms with Crippen LogP contribution in [0, 0.1) is 0 Å². The van der Waals surface area contributed by atoms with E-state index in [1.165, 1.54) is 17.4 Å². The number of benzene rings is 1. The van der Waals surface area contributed by atoms with E-state index in [1.54, 1.807) is 11.7 Å². The molecule has 17 heteroatoms. The number of halogens is 3. The van der Waals surface area contributed by atoms with Crippen molar-refractivity contribution in [1.82, 2.24) is 20.9 Å². The molecular weight excluding hydrogens is 569 g/mol. The molecule has 39 heavy (non-hydrogen) atoms. The number of alkyl halides is 3. The zero-order chi connectivity index (χ0) is 29.3. The van der Waals surface area contributed by atoms with Crippen molar-refractivity contribution in [1.29, 1.82) is 0 Å². The van der Waals surface area contributed by atoms with Gasteiger partial charge in [0.2, 0.25) is 5.91 Å². The molecule has 2 fully saturated rings. The number of nitrogens with one attached hydrogen (secondary N) is 3. The summed E-state index contributed by atoms with van der Waals surface area (Å²) in [6.07, 6.45) is -0.726. The van der Waals surface area contributed by atoms with Crippen LogP contribution in [0.3, 0.4) is 0 Å². The number of thiazole rings is 1. The Morgan fingerprint density at radius 2 is 1.79 bits per heavy atom. The molecule has 2 amide bonds. The van der Waals surface area contributed by atoms with Crippen LogP contribution >= 0.6 is 11.3 Å². The van der Waals surface area contributed by atoms with Crippen LogP contribution < -0.4 is 16.0 Å². The highest BCUT2D eigenvalue weighted by atomic mass is 32.3. The highest BCUT2D eigenvalue weighted by Crippen LogP contribution is 2.37. The molecule has 0 spiro atoms. The fourth-order valence-electron chi connectivity index (χ4n) is 3.40. The Kier molecular flexibility index (Phi) is 11.5. The smallest absolute Gasteiger partial charge is 0.384 e. The van der Waals surface area contributed by atoms with E-state index in [0.29, 0.717) is 38.8 Å². The summed E-state index contributed by atoms with van der Waals surface area (Å²) >= 11 is 1.46. The van der Waals surface area contributed by atoms with Gasteiger partial charge in [0.25, 0.3) is 5.91 Å². The molecule has 6 N–H and O–H groups in total. The van der Waals surface area contributed by atoms with Crippen LogP contribution in [0.15, 0.2) is 36.0 Å². The van der Waals surface area contributed by atoms with Gasteiger partial charge in [0.05, 0.1) is 28.5 Å². The van der Waals surface area contributed by atoms with E-state index in [9.17, 15) is 32.7 Å². The molecule has 0 bridgehead atoms. The first kappa shape index (κ1) is 32.3. The molecule has 1 aromatic carbocycles. The van der Waals surface area contributed by atoms with Crippen LogP contribution in [0.25, 0.3) is 0 Å². The molecule has 2 heterocycles. The molecule has 0 unspecified atom stereocenters. The lowest BCUT2D eigenvalue weighted by atomic mass is 9.83. The summed E-state index contributed by atoms with van der Waals surface area (Å²) in [5.41, 5.74) is -0.109. The van der Waals surface area contributed by atoms with Crippen molar-refractivity contribution < 1.29 is 50.2 Å². The first-order valence-corrected chi connectivity index (χ1v) is 13.6. The van der Waals surface area contributed by atoms with Gasteiger partial charge in [0.1, 0.15) is 11.4 Å². The van der Waals surface area contributed by atoms with E-state index in [2.05, 4.69) is 20.9 Å². The van der Waals surface area contributed by atoms with Crippen LogP contribution in [0.1, 0.15) is 46.5 Å². The number of hydrogen-bond acceptors (Lipinski definition) is 9. The molecule has 1 saturated carbocycles. The average molecular weight is 597 g/mol. The summed E-state index contributed by atoms with van der Waals surface area (Å²) in [4.78, 5) is 39.0. The number of Topliss-reactive ketones (excluding diaryl/α,β-unsaturated/α-hetero) is 1. The number of nitrogens with zero attached hydrogens (tertiary/aromatic N) is 1. The molecule has 1 aliphatic carbocycles. The number of ketones is 1. The maximum Gasteiger partial charge on any atom is 0.416 e. The number of carbonyl (C=O) groups is 3. The summed E-state index contributed by atoms with van der Waals surface area (Å²) in [6.45, 7) is 1.08. The molecule has 2 aromatic rings. The Labute approximate surface area is 225 Å². The van der Waals surface area contributed by atoms with Gasteiger partial charge in [0.15, 0.2) is 0 Å². The third-order valence-corrected chi connectivity index (χ3v) is 6.50. The normalized spacial score (nSPS) is 16.9. The fraction of sp³-hybridized carbons (Fsp3) is 0.455. The summed E-state index contributed by atoms with van der Waals surface area (Å²) < 4.78 is 69.2. The third kappa shape index (κ3) is 11.8. The maximum absolute atomic E-state index is 12.5. The van der Waals surface area contributed by atoms with Crippen molar-refractivity contribution in [3.05, 3.63) is 52.0 Å². The van der Waals surface area contributed by atoms with Gasteiger partial charge in [-0.05, 0) is 31.0 Å². The lowest BCUT2D eigenvalue weighted by Gasteiger charge is -2.29. The lowest BCUT2D eigenvalue weighted by molar-refractivity contribution is -0.137. The highest BCUT2D eigenvalue weighted by Gasteiger charge is 2.35. The van der Waals surface area contributed by atoms with Crippen LogP contribution in [-0.4, -0.2) is 70.9 Å². The zero-order valence-corrected chi connectivity index (χ0v) is 21.9. The zero-order valence-electron chi connectivity index (χ0n) is 20.3. The standard InChI is InChI=1S/C13H14F3N3O2.C9H11NO2S.H2O4S/c14-13(15,16)9-3-1-2-8(4-9)12(21)18-7-11(20)19-10-5-17-6-10;11-7-1-3-9(12,4-2-7)8-5-10-6-13-8;1-5(2,3)4/h1-4,10,17H,5-7H2,(H,18,21)(H,19,20);5-6,12H,1-4H2;(H2,1,2,3,4). The van der Waals surface area contributed by atoms with Gasteiger partial charge in [-0.25, -0.2) is 0 Å². The summed E-state index contributed by atoms with van der Waals surface area (Å²) in [6, 6.07) is 4.09. The Morgan fingerprint density at radius 3 is 2.28 bits per heavy atom. The monoisotopic (exact) mass is 596 g/mol. The third-order valence-electron chi connectivity index (χ3n) is 5.53. The van der Waals surface area contributed by atoms with Crippen LogP contribution in [-0.2, 0) is 31.8 Å². The first-order valence-electron chi connectivity index (χ1n) is 11.4. The van der Waals surface area contributed by atoms with E-state index >= 15 is 0 Å². The van der Waals surface area contributed by atoms with Crippen LogP contribution in [0.2, 0.25) is 0 Å². The Balaban J connectivity index is 0.000000250. The molecule has 4 rings (SSSR count). The van der Waals surface area contributed by atoms with Gasteiger partial charge in [-0.15, -0.1) is 11.3 Å². The van der Waals surface area contributed by atoms with Crippen molar-refractivity contribution >= 4 is 39.3 Å². The second-order valence-corrected chi connectivity index (χ2v) is 10.3. The molecule has 0 radical (unpaired) electrons. The van der Waals surface area contributed by atoms with Gasteiger partial charge >= 0.3 is 16.6 Å². The van der Waals surface area contributed by atoms with Crippen molar-refractivity contribution in [2.24, 2.45) is 0 Å². The number of aromatic nitrogens is 1. The van der Waals surface area contributed by atoms with Gasteiger partial charge in [-0.2, -0.15) is 21.6 Å². The van der Waals surface area contributed by atoms with Crippen LogP contribution in [0.4, 0.5) is 13.2 Å². The minimum Gasteiger partial charge on any atom is -0.384 e. The van der Waals surface area contributed by atoms with E-state index in [0.717, 1.165) is 23.1 Å². The summed E-state index contributed by atoms with van der Waals surface area (Å²) in [5.74, 6) is -0.834. The number of hydrogen-bond donors (Lipinski definition) is 6. The van der Waals surface area contributed by atoms with Crippen molar-refractivity contribution in [3.8, 4) is 0 Å². The van der Waals surface area contributed by atoms with Gasteiger partial charge in [-0.3, -0.25) is 28.5 Å². The molecule has 0 atom stereocenters. The largest absolute Gasteiger partial charge is 0.416 e. The Hall–Kier alpha value is -2.96. The van der Waals surface area contributed by atoms with Crippen molar-refractivity contribution in [2.45, 2.75) is 43.5 Å². The topological polar surface area (TPSA) is 195 Å². The second kappa shape index (κ2) is 13.9. The number of rotatable bonds is 5. The van der Waals surface area contributed by atoms with Crippen molar-refractivity contribution in [2.75, 3.05) is 19.6 Å². The first-order chi connectivity index (χ1) is 18.1. The molecular formula is C22H27F3N4O8S2. The lowest BCUT2D eigenvalue weighted by Crippen LogP contribution is -2.58. The predicted molar refractivity (Wildman–Crippen MR) is 132 cm³/mol. The van der Waals surface area contributed by atoms with Gasteiger partial charge in [0, 0.05) is 37.7 Å². The minimum absolute atomic E-state index is 0.0444. The molecule has 1 aromatic heterocycles. The minimum atomic E-state index is -4.67. The highest BCUT2D eigenvalue weighted by molar-refractivity contribution is 7.79. The second-order valence-electron chi connectivity index (χ2n) is 8.57. The fourth-order valence-corrected chi connectivity index (χ4v) is 4.18. The number of aliphatic hydroxyl groups is 1. The van der Waals surface area contributed by atoms with E-state index in [1.807, 2.05) is 0 Å². The van der Waals surface area contributed by atoms with E-state index < -0.39 is 33.6 Å². The predicted octanol–water partition coefficient (Wildman–Crippen LogP) is 1.34. The quantitative estimate of drug-likeness (QED) is 0.274. The summed E-state index contributed by atoms with van der Waals surface area (Å²) in [7, 11) is -4.67. The number of carbonyl (C=O) groups excluding carboxylic acids is 3. The van der Waals surface area contributed by atoms with Gasteiger partial charge < -0.3 is 21.1 Å². The maximum atomic E-state index is 12.5. The van der Waals surface area contributed by atoms with Crippen molar-refractivity contribution in [3.63, 3.8) is 0 Å². The Bertz CT molecular complexity index is 1220. The molecule has 216 valence electrons. The molecule has 1 aliphatic heterocycles. The SMILES string of the molecule is O=C(CNC(=O)c1cccc(C(F)(F)F)c1)NC1CNC1.O=C1CCC(O)(c2cncs2)CC1.O=S(=O)(O)O. The van der Waals surface area contributed by atoms with Crippen LogP contribution in [0.5, 0.6) is 0 Å². The summed E-state index contributed by atoms with van der Waals surface area (Å²) in [5, 5.41) is 18.1. The van der Waals surface area contributed by atoms with E-state index in [-0.39, 0.29) is 29.8 Å². The Morgan fingerprint density at radius 1 is 1.18 bits per heavy atom. The van der Waals surface area contributed by atoms with E-state index in [4.69, 9.17) is 17.5 Å². The average Bonchev–Trinajstić information content (AvgIpc) is 3.37. The molecule has 1 saturated heterocycles. The van der Waals surface area contributed by atoms with Gasteiger partial charge in [-0.1, -0.05) is 6.07 Å². The number of amides is 2. The molecule has 2 aliphatic rings.